The molecule has 2 rings (SSSR count). The summed E-state index contributed by atoms with van der Waals surface area (Å²) < 4.78 is 0. The van der Waals surface area contributed by atoms with Gasteiger partial charge in [-0.25, -0.2) is 0 Å². The fraction of sp³-hybridized carbons (Fsp3) is 0.200. The van der Waals surface area contributed by atoms with Crippen molar-refractivity contribution in [3.05, 3.63) is 60.7 Å². The first-order valence-corrected chi connectivity index (χ1v) is 10.7. The first kappa shape index (κ1) is 13.3. The third kappa shape index (κ3) is 4.28. The Hall–Kier alpha value is -1.11. The predicted octanol–water partition coefficient (Wildman–Crippen LogP) is 3.85. The molecular weight excluding hydrogens is 253 g/mol. The summed E-state index contributed by atoms with van der Waals surface area (Å²) in [5, 5.41) is 1.47. The largest absolute Gasteiger partial charge is 0.410 e. The summed E-state index contributed by atoms with van der Waals surface area (Å²) in [6.45, 7) is 4.80. The lowest BCUT2D eigenvalue weighted by molar-refractivity contribution is 1.56. The van der Waals surface area contributed by atoms with Gasteiger partial charge in [0.25, 0.3) is 0 Å². The number of hydrogen-bond donors (Lipinski definition) is 1. The molecule has 3 heteroatoms. The van der Waals surface area contributed by atoms with Gasteiger partial charge in [-0.2, -0.15) is 0 Å². The smallest absolute Gasteiger partial charge is 0.151 e. The molecule has 1 nitrogen and oxygen atoms in total. The zero-order chi connectivity index (χ0) is 12.8. The van der Waals surface area contributed by atoms with Crippen molar-refractivity contribution < 1.29 is 0 Å². The second-order valence-electron chi connectivity index (χ2n) is 5.09. The van der Waals surface area contributed by atoms with Crippen LogP contribution in [0.2, 0.25) is 13.1 Å². The lowest BCUT2D eigenvalue weighted by Crippen LogP contribution is -2.40. The molecule has 2 aromatic carbocycles. The average molecular weight is 273 g/mol. The van der Waals surface area contributed by atoms with E-state index in [1.807, 2.05) is 0 Å². The molecule has 0 aliphatic heterocycles. The first-order chi connectivity index (χ1) is 8.66. The number of benzene rings is 2. The lowest BCUT2D eigenvalue weighted by Gasteiger charge is -2.25. The van der Waals surface area contributed by atoms with Crippen LogP contribution in [0.4, 0.5) is 5.69 Å². The van der Waals surface area contributed by atoms with Gasteiger partial charge in [-0.3, -0.25) is 0 Å². The topological polar surface area (TPSA) is 12.0 Å². The summed E-state index contributed by atoms with van der Waals surface area (Å²) >= 11 is 0. The number of para-hydroxylation sites is 1. The van der Waals surface area contributed by atoms with E-state index in [-0.39, 0.29) is 0 Å². The SMILES string of the molecule is C[Si](C)(CPc1ccccc1)Nc1ccccc1. The van der Waals surface area contributed by atoms with Gasteiger partial charge in [-0.1, -0.05) is 70.2 Å². The molecule has 0 saturated heterocycles. The van der Waals surface area contributed by atoms with Gasteiger partial charge in [-0.05, 0) is 23.2 Å². The Morgan fingerprint density at radius 3 is 2.06 bits per heavy atom. The Morgan fingerprint density at radius 1 is 0.889 bits per heavy atom. The molecule has 94 valence electrons. The zero-order valence-electron chi connectivity index (χ0n) is 11.0. The number of nitrogens with one attached hydrogen (secondary N) is 1. The maximum Gasteiger partial charge on any atom is 0.151 e. The fourth-order valence-electron chi connectivity index (χ4n) is 1.84. The van der Waals surface area contributed by atoms with Crippen molar-refractivity contribution >= 4 is 27.8 Å². The van der Waals surface area contributed by atoms with Crippen LogP contribution in [-0.4, -0.2) is 14.0 Å². The molecule has 0 saturated carbocycles. The summed E-state index contributed by atoms with van der Waals surface area (Å²) in [7, 11) is -0.458. The van der Waals surface area contributed by atoms with Gasteiger partial charge in [0, 0.05) is 5.69 Å². The van der Waals surface area contributed by atoms with Gasteiger partial charge in [0.1, 0.15) is 0 Å². The first-order valence-electron chi connectivity index (χ1n) is 6.28. The summed E-state index contributed by atoms with van der Waals surface area (Å²) in [6, 6.07) is 21.3. The van der Waals surface area contributed by atoms with E-state index >= 15 is 0 Å². The van der Waals surface area contributed by atoms with Crippen molar-refractivity contribution in [3.63, 3.8) is 0 Å². The standard InChI is InChI=1S/C15H20NPSi/c1-18(2,16-14-9-5-3-6-10-14)13-17-15-11-7-4-8-12-15/h3-12,16-17H,13H2,1-2H3. The van der Waals surface area contributed by atoms with Crippen LogP contribution in [0, 0.1) is 0 Å². The van der Waals surface area contributed by atoms with E-state index in [9.17, 15) is 0 Å². The fourth-order valence-corrected chi connectivity index (χ4v) is 6.15. The van der Waals surface area contributed by atoms with Crippen molar-refractivity contribution in [1.82, 2.24) is 0 Å². The Labute approximate surface area is 113 Å². The van der Waals surface area contributed by atoms with Crippen LogP contribution >= 0.6 is 8.58 Å². The molecule has 0 aliphatic carbocycles. The normalized spacial score (nSPS) is 11.9. The highest BCUT2D eigenvalue weighted by Gasteiger charge is 2.20. The van der Waals surface area contributed by atoms with Crippen molar-refractivity contribution in [2.45, 2.75) is 13.1 Å². The zero-order valence-corrected chi connectivity index (χ0v) is 13.0. The molecule has 0 aliphatic rings. The lowest BCUT2D eigenvalue weighted by atomic mass is 10.3. The minimum Gasteiger partial charge on any atom is -0.410 e. The van der Waals surface area contributed by atoms with Crippen molar-refractivity contribution in [2.75, 3.05) is 10.8 Å². The molecule has 1 N–H and O–H groups in total. The number of hydrogen-bond acceptors (Lipinski definition) is 1. The molecular formula is C15H20NPSi. The van der Waals surface area contributed by atoms with Crippen LogP contribution in [0.15, 0.2) is 60.7 Å². The average Bonchev–Trinajstić information content (AvgIpc) is 2.38. The van der Waals surface area contributed by atoms with E-state index in [1.165, 1.54) is 16.8 Å². The molecule has 0 amide bonds. The van der Waals surface area contributed by atoms with Gasteiger partial charge in [0.15, 0.2) is 8.24 Å². The summed E-state index contributed by atoms with van der Waals surface area (Å²) in [4.78, 5) is 3.73. The van der Waals surface area contributed by atoms with Crippen molar-refractivity contribution in [3.8, 4) is 0 Å². The van der Waals surface area contributed by atoms with Crippen LogP contribution in [-0.2, 0) is 0 Å². The summed E-state index contributed by atoms with van der Waals surface area (Å²) in [6.07, 6.45) is 0. The molecule has 0 heterocycles. The Balaban J connectivity index is 1.91. The monoisotopic (exact) mass is 273 g/mol. The minimum absolute atomic E-state index is 0.907. The Bertz CT molecular complexity index is 470. The van der Waals surface area contributed by atoms with Crippen LogP contribution in [0.5, 0.6) is 0 Å². The Kier molecular flexibility index (Phi) is 4.57. The van der Waals surface area contributed by atoms with E-state index in [4.69, 9.17) is 0 Å². The molecule has 0 aromatic heterocycles. The highest BCUT2D eigenvalue weighted by atomic mass is 31.1. The van der Waals surface area contributed by atoms with E-state index in [0.29, 0.717) is 0 Å². The summed E-state index contributed by atoms with van der Waals surface area (Å²) in [5.41, 5.74) is 1.26. The van der Waals surface area contributed by atoms with E-state index in [0.717, 1.165) is 8.58 Å². The second-order valence-corrected chi connectivity index (χ2v) is 11.5. The predicted molar refractivity (Wildman–Crippen MR) is 86.8 cm³/mol. The third-order valence-corrected chi connectivity index (χ3v) is 8.71. The Morgan fingerprint density at radius 2 is 1.44 bits per heavy atom. The molecule has 1 atom stereocenters. The molecule has 0 bridgehead atoms. The second kappa shape index (κ2) is 6.17. The van der Waals surface area contributed by atoms with Crippen molar-refractivity contribution in [1.29, 1.82) is 0 Å². The number of rotatable bonds is 5. The summed E-state index contributed by atoms with van der Waals surface area (Å²) in [5.74, 6) is 1.28. The highest BCUT2D eigenvalue weighted by Crippen LogP contribution is 2.19. The third-order valence-electron chi connectivity index (χ3n) is 2.76. The molecule has 18 heavy (non-hydrogen) atoms. The minimum atomic E-state index is -1.36. The van der Waals surface area contributed by atoms with Crippen LogP contribution in [0.25, 0.3) is 0 Å². The van der Waals surface area contributed by atoms with Crippen LogP contribution < -0.4 is 10.3 Å². The van der Waals surface area contributed by atoms with Gasteiger partial charge in [0.2, 0.25) is 0 Å². The quantitative estimate of drug-likeness (QED) is 0.644. The van der Waals surface area contributed by atoms with E-state index in [2.05, 4.69) is 78.7 Å². The molecule has 0 fully saturated rings. The highest BCUT2D eigenvalue weighted by molar-refractivity contribution is 7.50. The van der Waals surface area contributed by atoms with E-state index in [1.54, 1.807) is 0 Å². The molecule has 2 aromatic rings. The van der Waals surface area contributed by atoms with Gasteiger partial charge in [-0.15, -0.1) is 0 Å². The number of anilines is 1. The van der Waals surface area contributed by atoms with Gasteiger partial charge in [0.05, 0.1) is 0 Å². The van der Waals surface area contributed by atoms with Gasteiger partial charge < -0.3 is 4.98 Å². The van der Waals surface area contributed by atoms with Gasteiger partial charge >= 0.3 is 0 Å². The van der Waals surface area contributed by atoms with Crippen LogP contribution in [0.3, 0.4) is 0 Å². The molecule has 1 unspecified atom stereocenters. The maximum absolute atomic E-state index is 3.73. The molecule has 0 spiro atoms. The van der Waals surface area contributed by atoms with Crippen molar-refractivity contribution in [2.24, 2.45) is 0 Å². The van der Waals surface area contributed by atoms with Crippen LogP contribution in [0.1, 0.15) is 0 Å². The van der Waals surface area contributed by atoms with E-state index < -0.39 is 8.24 Å². The maximum atomic E-state index is 3.73. The molecule has 0 radical (unpaired) electrons.